The number of sulfone groups is 1. The average molecular weight is 382 g/mol. The van der Waals surface area contributed by atoms with E-state index in [0.29, 0.717) is 18.1 Å². The van der Waals surface area contributed by atoms with Crippen molar-refractivity contribution in [1.82, 2.24) is 9.88 Å². The number of thiophene rings is 1. The Morgan fingerprint density at radius 1 is 1.28 bits per heavy atom. The topological polar surface area (TPSA) is 96.6 Å². The molecule has 0 aliphatic carbocycles. The second-order valence-corrected chi connectivity index (χ2v) is 9.14. The minimum Gasteiger partial charge on any atom is -0.355 e. The van der Waals surface area contributed by atoms with Gasteiger partial charge in [0.2, 0.25) is 0 Å². The Balaban J connectivity index is 1.72. The van der Waals surface area contributed by atoms with Crippen LogP contribution in [0.3, 0.4) is 0 Å². The van der Waals surface area contributed by atoms with Crippen LogP contribution in [-0.4, -0.2) is 55.7 Å². The van der Waals surface area contributed by atoms with Crippen molar-refractivity contribution < 1.29 is 13.3 Å². The van der Waals surface area contributed by atoms with Crippen LogP contribution in [0.2, 0.25) is 0 Å². The number of nitro groups is 1. The fraction of sp³-hybridized carbons (Fsp3) is 0.400. The molecule has 0 radical (unpaired) electrons. The third-order valence-corrected chi connectivity index (χ3v) is 6.99. The van der Waals surface area contributed by atoms with Gasteiger partial charge in [-0.25, -0.2) is 8.42 Å². The highest BCUT2D eigenvalue weighted by atomic mass is 32.2. The highest BCUT2D eigenvalue weighted by molar-refractivity contribution is 7.92. The zero-order chi connectivity index (χ0) is 18.0. The predicted molar refractivity (Wildman–Crippen MR) is 95.8 cm³/mol. The van der Waals surface area contributed by atoms with Gasteiger partial charge in [0.25, 0.3) is 0 Å². The first kappa shape index (κ1) is 17.8. The van der Waals surface area contributed by atoms with Gasteiger partial charge in [-0.3, -0.25) is 20.0 Å². The zero-order valence-corrected chi connectivity index (χ0v) is 15.3. The van der Waals surface area contributed by atoms with E-state index in [4.69, 9.17) is 0 Å². The van der Waals surface area contributed by atoms with Crippen LogP contribution in [0.4, 0.5) is 10.7 Å². The number of pyridine rings is 1. The van der Waals surface area contributed by atoms with Gasteiger partial charge in [0, 0.05) is 51.2 Å². The lowest BCUT2D eigenvalue weighted by Crippen LogP contribution is -2.45. The minimum absolute atomic E-state index is 0.0325. The summed E-state index contributed by atoms with van der Waals surface area (Å²) >= 11 is 0.972. The Bertz CT molecular complexity index is 859. The fourth-order valence-electron chi connectivity index (χ4n) is 2.72. The van der Waals surface area contributed by atoms with Gasteiger partial charge < -0.3 is 4.90 Å². The van der Waals surface area contributed by atoms with E-state index < -0.39 is 14.8 Å². The average Bonchev–Trinajstić information content (AvgIpc) is 3.02. The van der Waals surface area contributed by atoms with Crippen LogP contribution in [0.15, 0.2) is 34.7 Å². The highest BCUT2D eigenvalue weighted by Crippen LogP contribution is 2.40. The molecule has 3 rings (SSSR count). The third kappa shape index (κ3) is 4.14. The number of hydrogen-bond donors (Lipinski definition) is 0. The van der Waals surface area contributed by atoms with E-state index in [2.05, 4.69) is 9.88 Å². The molecule has 0 amide bonds. The summed E-state index contributed by atoms with van der Waals surface area (Å²) in [6.07, 6.45) is 2.82. The van der Waals surface area contributed by atoms with Crippen LogP contribution in [0.1, 0.15) is 5.69 Å². The van der Waals surface area contributed by atoms with E-state index in [1.54, 1.807) is 6.20 Å². The van der Waals surface area contributed by atoms with Crippen molar-refractivity contribution in [2.45, 2.75) is 10.8 Å². The molecule has 25 heavy (non-hydrogen) atoms. The Labute approximate surface area is 149 Å². The summed E-state index contributed by atoms with van der Waals surface area (Å²) in [5, 5.41) is 11.7. The Morgan fingerprint density at radius 3 is 2.56 bits per heavy atom. The van der Waals surface area contributed by atoms with Crippen LogP contribution in [0.5, 0.6) is 0 Å². The molecule has 0 bridgehead atoms. The number of rotatable bonds is 5. The Hall–Kier alpha value is -2.04. The molecule has 1 saturated heterocycles. The third-order valence-electron chi connectivity index (χ3n) is 4.00. The molecule has 10 heteroatoms. The van der Waals surface area contributed by atoms with Crippen LogP contribution in [-0.2, 0) is 16.4 Å². The van der Waals surface area contributed by atoms with Crippen molar-refractivity contribution >= 4 is 31.9 Å². The molecule has 0 spiro atoms. The van der Waals surface area contributed by atoms with Crippen molar-refractivity contribution in [1.29, 1.82) is 0 Å². The van der Waals surface area contributed by atoms with E-state index in [9.17, 15) is 18.5 Å². The Kier molecular flexibility index (Phi) is 5.02. The maximum Gasteiger partial charge on any atom is 0.305 e. The van der Waals surface area contributed by atoms with E-state index >= 15 is 0 Å². The highest BCUT2D eigenvalue weighted by Gasteiger charge is 2.29. The first-order valence-electron chi connectivity index (χ1n) is 7.70. The van der Waals surface area contributed by atoms with Gasteiger partial charge in [0.1, 0.15) is 4.21 Å². The van der Waals surface area contributed by atoms with Crippen molar-refractivity contribution in [2.24, 2.45) is 0 Å². The quantitative estimate of drug-likeness (QED) is 0.574. The summed E-state index contributed by atoms with van der Waals surface area (Å²) in [5.74, 6) is 0. The first-order valence-corrected chi connectivity index (χ1v) is 10.4. The largest absolute Gasteiger partial charge is 0.355 e. The van der Waals surface area contributed by atoms with Crippen LogP contribution < -0.4 is 4.90 Å². The molecule has 0 unspecified atom stereocenters. The van der Waals surface area contributed by atoms with Gasteiger partial charge in [-0.15, -0.1) is 0 Å². The van der Waals surface area contributed by atoms with Gasteiger partial charge in [0.15, 0.2) is 14.8 Å². The summed E-state index contributed by atoms with van der Waals surface area (Å²) in [5.41, 5.74) is 0.848. The van der Waals surface area contributed by atoms with Crippen molar-refractivity contribution in [3.63, 3.8) is 0 Å². The minimum atomic E-state index is -3.46. The van der Waals surface area contributed by atoms with E-state index in [1.165, 1.54) is 0 Å². The van der Waals surface area contributed by atoms with Crippen molar-refractivity contribution in [3.05, 3.63) is 46.3 Å². The first-order chi connectivity index (χ1) is 11.8. The molecule has 0 atom stereocenters. The molecule has 0 saturated carbocycles. The molecule has 8 nitrogen and oxygen atoms in total. The number of piperazine rings is 1. The number of nitrogens with zero attached hydrogens (tertiary/aromatic N) is 4. The number of aromatic nitrogens is 1. The maximum atomic E-state index is 11.7. The molecule has 0 aromatic carbocycles. The molecular formula is C15H18N4O4S2. The monoisotopic (exact) mass is 382 g/mol. The van der Waals surface area contributed by atoms with Gasteiger partial charge in [0.05, 0.1) is 10.6 Å². The molecule has 1 fully saturated rings. The summed E-state index contributed by atoms with van der Waals surface area (Å²) < 4.78 is 23.5. The standard InChI is InChI=1S/C15H18N4O4S2/c1-25(22,23)14-10-13(19(20)21)15(24-14)18-8-6-17(7-9-18)11-12-4-2-3-5-16-12/h2-5,10H,6-9,11H2,1H3. The molecule has 1 aliphatic heterocycles. The van der Waals surface area contributed by atoms with Gasteiger partial charge in [-0.05, 0) is 12.1 Å². The fourth-order valence-corrected chi connectivity index (χ4v) is 4.80. The number of anilines is 1. The Morgan fingerprint density at radius 2 is 2.00 bits per heavy atom. The predicted octanol–water partition coefficient (Wildman–Crippen LogP) is 1.78. The molecule has 134 valence electrons. The normalized spacial score (nSPS) is 16.1. The zero-order valence-electron chi connectivity index (χ0n) is 13.7. The second kappa shape index (κ2) is 7.06. The van der Waals surface area contributed by atoms with E-state index in [1.807, 2.05) is 23.1 Å². The second-order valence-electron chi connectivity index (χ2n) is 5.87. The molecule has 2 aromatic rings. The summed E-state index contributed by atoms with van der Waals surface area (Å²) in [7, 11) is -3.46. The van der Waals surface area contributed by atoms with E-state index in [-0.39, 0.29) is 9.90 Å². The van der Waals surface area contributed by atoms with Crippen LogP contribution in [0.25, 0.3) is 0 Å². The molecule has 0 N–H and O–H groups in total. The number of hydrogen-bond acceptors (Lipinski definition) is 8. The lowest BCUT2D eigenvalue weighted by molar-refractivity contribution is -0.383. The van der Waals surface area contributed by atoms with Crippen molar-refractivity contribution in [3.8, 4) is 0 Å². The van der Waals surface area contributed by atoms with Gasteiger partial charge in [-0.1, -0.05) is 17.4 Å². The lowest BCUT2D eigenvalue weighted by Gasteiger charge is -2.34. The SMILES string of the molecule is CS(=O)(=O)c1cc([N+](=O)[O-])c(N2CCN(Cc3ccccn3)CC2)s1. The summed E-state index contributed by atoms with van der Waals surface area (Å²) in [4.78, 5) is 19.2. The molecular weight excluding hydrogens is 364 g/mol. The maximum absolute atomic E-state index is 11.7. The van der Waals surface area contributed by atoms with Gasteiger partial charge in [-0.2, -0.15) is 0 Å². The van der Waals surface area contributed by atoms with Gasteiger partial charge >= 0.3 is 5.69 Å². The summed E-state index contributed by atoms with van der Waals surface area (Å²) in [6.45, 7) is 3.42. The van der Waals surface area contributed by atoms with E-state index in [0.717, 1.165) is 49.0 Å². The molecule has 1 aliphatic rings. The van der Waals surface area contributed by atoms with Crippen LogP contribution >= 0.6 is 11.3 Å². The van der Waals surface area contributed by atoms with Crippen LogP contribution in [0, 0.1) is 10.1 Å². The smallest absolute Gasteiger partial charge is 0.305 e. The summed E-state index contributed by atoms with van der Waals surface area (Å²) in [6, 6.07) is 6.95. The molecule has 3 heterocycles. The van der Waals surface area contributed by atoms with Crippen molar-refractivity contribution in [2.75, 3.05) is 37.3 Å². The molecule has 2 aromatic heterocycles. The lowest BCUT2D eigenvalue weighted by atomic mass is 10.2.